The zero-order valence-electron chi connectivity index (χ0n) is 20.1. The molecule has 14 heteroatoms. The molecule has 0 saturated heterocycles. The number of nitrogens with zero attached hydrogens (tertiary/aromatic N) is 2. The molecule has 0 atom stereocenters. The number of halogens is 6. The standard InChI is InChI=1S/C14H16F6N2O2.C6H14N2O2/c1-12(2,3)24-11(23)22(4)21-10-6-5-8(13(15,16)17)7-9(10)14(18,19)20;1-6(2,3)10-5(9)8(4)7/h5-7,21H,1-4H3;7H2,1-4H3. The average molecular weight is 504 g/mol. The molecule has 0 fully saturated rings. The highest BCUT2D eigenvalue weighted by molar-refractivity contribution is 5.70. The van der Waals surface area contributed by atoms with Crippen LogP contribution in [0.5, 0.6) is 0 Å². The van der Waals surface area contributed by atoms with E-state index in [1.807, 2.05) is 0 Å². The number of amides is 2. The molecule has 1 rings (SSSR count). The molecule has 0 saturated carbocycles. The number of nitrogens with two attached hydrogens (primary N) is 1. The SMILES string of the molecule is CN(N)C(=O)OC(C)(C)C.CN(Nc1ccc(C(F)(F)F)cc1C(F)(F)F)C(=O)OC(C)(C)C. The molecule has 8 nitrogen and oxygen atoms in total. The molecule has 1 aromatic carbocycles. The first-order valence-corrected chi connectivity index (χ1v) is 9.67. The number of benzene rings is 1. The molecule has 0 unspecified atom stereocenters. The normalized spacial score (nSPS) is 12.2. The van der Waals surface area contributed by atoms with Gasteiger partial charge in [-0.1, -0.05) is 0 Å². The Morgan fingerprint density at radius 1 is 0.824 bits per heavy atom. The van der Waals surface area contributed by atoms with Crippen molar-refractivity contribution in [3.63, 3.8) is 0 Å². The van der Waals surface area contributed by atoms with Crippen LogP contribution in [-0.2, 0) is 21.8 Å². The van der Waals surface area contributed by atoms with E-state index in [9.17, 15) is 35.9 Å². The molecule has 34 heavy (non-hydrogen) atoms. The molecule has 0 aromatic heterocycles. The zero-order valence-corrected chi connectivity index (χ0v) is 20.1. The lowest BCUT2D eigenvalue weighted by atomic mass is 10.1. The Balaban J connectivity index is 0.000000916. The first-order chi connectivity index (χ1) is 14.9. The van der Waals surface area contributed by atoms with Crippen LogP contribution in [0.2, 0.25) is 0 Å². The van der Waals surface area contributed by atoms with Crippen molar-refractivity contribution in [2.24, 2.45) is 5.84 Å². The number of anilines is 1. The fraction of sp³-hybridized carbons (Fsp3) is 0.600. The van der Waals surface area contributed by atoms with Gasteiger partial charge in [0.25, 0.3) is 0 Å². The lowest BCUT2D eigenvalue weighted by Gasteiger charge is -2.26. The van der Waals surface area contributed by atoms with Crippen molar-refractivity contribution in [3.05, 3.63) is 29.3 Å². The maximum Gasteiger partial charge on any atom is 0.428 e. The Morgan fingerprint density at radius 3 is 1.59 bits per heavy atom. The Labute approximate surface area is 193 Å². The number of hydrogen-bond donors (Lipinski definition) is 2. The third-order valence-corrected chi connectivity index (χ3v) is 3.29. The fourth-order valence-electron chi connectivity index (χ4n) is 1.94. The number of alkyl halides is 6. The maximum atomic E-state index is 13.0. The number of nitrogens with one attached hydrogen (secondary N) is 1. The molecule has 3 N–H and O–H groups in total. The number of hydrazine groups is 2. The van der Waals surface area contributed by atoms with Crippen LogP contribution in [-0.4, -0.2) is 47.5 Å². The fourth-order valence-corrected chi connectivity index (χ4v) is 1.94. The minimum Gasteiger partial charge on any atom is -0.443 e. The van der Waals surface area contributed by atoms with Crippen LogP contribution in [0.1, 0.15) is 52.7 Å². The molecule has 0 aliphatic carbocycles. The summed E-state index contributed by atoms with van der Waals surface area (Å²) in [7, 11) is 2.53. The average Bonchev–Trinajstić information content (AvgIpc) is 2.57. The van der Waals surface area contributed by atoms with E-state index >= 15 is 0 Å². The van der Waals surface area contributed by atoms with Gasteiger partial charge in [-0.25, -0.2) is 25.4 Å². The third kappa shape index (κ3) is 11.8. The van der Waals surface area contributed by atoms with E-state index in [4.69, 9.17) is 15.3 Å². The van der Waals surface area contributed by atoms with Crippen LogP contribution >= 0.6 is 0 Å². The first-order valence-electron chi connectivity index (χ1n) is 9.67. The van der Waals surface area contributed by atoms with Gasteiger partial charge in [-0.3, -0.25) is 5.43 Å². The van der Waals surface area contributed by atoms with Crippen LogP contribution in [0.4, 0.5) is 41.6 Å². The number of ether oxygens (including phenoxy) is 2. The van der Waals surface area contributed by atoms with Gasteiger partial charge in [-0.05, 0) is 59.7 Å². The topological polar surface area (TPSA) is 97.1 Å². The van der Waals surface area contributed by atoms with Crippen molar-refractivity contribution in [2.75, 3.05) is 19.5 Å². The van der Waals surface area contributed by atoms with Crippen molar-refractivity contribution < 1.29 is 45.4 Å². The summed E-state index contributed by atoms with van der Waals surface area (Å²) in [5.74, 6) is 5.10. The summed E-state index contributed by atoms with van der Waals surface area (Å²) in [6.45, 7) is 10.0. The Kier molecular flexibility index (Phi) is 10.1. The second-order valence-electron chi connectivity index (χ2n) is 9.00. The molecular weight excluding hydrogens is 474 g/mol. The maximum absolute atomic E-state index is 13.0. The third-order valence-electron chi connectivity index (χ3n) is 3.29. The molecule has 0 spiro atoms. The summed E-state index contributed by atoms with van der Waals surface area (Å²) in [5.41, 5.74) is -2.96. The van der Waals surface area contributed by atoms with Gasteiger partial charge in [0.05, 0.1) is 16.8 Å². The molecule has 0 aliphatic heterocycles. The van der Waals surface area contributed by atoms with Gasteiger partial charge in [0, 0.05) is 14.1 Å². The first kappa shape index (κ1) is 31.1. The van der Waals surface area contributed by atoms with Crippen LogP contribution in [0.15, 0.2) is 18.2 Å². The van der Waals surface area contributed by atoms with Crippen molar-refractivity contribution in [1.29, 1.82) is 0 Å². The smallest absolute Gasteiger partial charge is 0.428 e. The highest BCUT2D eigenvalue weighted by Crippen LogP contribution is 2.39. The van der Waals surface area contributed by atoms with Crippen molar-refractivity contribution in [1.82, 2.24) is 10.0 Å². The minimum atomic E-state index is -5.04. The molecule has 0 radical (unpaired) electrons. The summed E-state index contributed by atoms with van der Waals surface area (Å²) in [4.78, 5) is 22.5. The van der Waals surface area contributed by atoms with Gasteiger partial charge in [0.15, 0.2) is 0 Å². The Bertz CT molecular complexity index is 843. The molecule has 196 valence electrons. The number of carbonyl (C=O) groups excluding carboxylic acids is 2. The van der Waals surface area contributed by atoms with E-state index in [-0.39, 0.29) is 6.07 Å². The van der Waals surface area contributed by atoms with E-state index in [1.54, 1.807) is 41.5 Å². The lowest BCUT2D eigenvalue weighted by Crippen LogP contribution is -2.38. The molecular formula is C20H30F6N4O4. The largest absolute Gasteiger partial charge is 0.443 e. The highest BCUT2D eigenvalue weighted by Gasteiger charge is 2.38. The Hall–Kier alpha value is -2.90. The predicted molar refractivity (Wildman–Crippen MR) is 112 cm³/mol. The molecule has 2 amide bonds. The van der Waals surface area contributed by atoms with E-state index in [2.05, 4.69) is 5.43 Å². The van der Waals surface area contributed by atoms with Gasteiger partial charge < -0.3 is 9.47 Å². The van der Waals surface area contributed by atoms with E-state index in [1.165, 1.54) is 7.05 Å². The summed E-state index contributed by atoms with van der Waals surface area (Å²) in [6.07, 6.45) is -11.5. The van der Waals surface area contributed by atoms with Gasteiger partial charge in [-0.2, -0.15) is 26.3 Å². The summed E-state index contributed by atoms with van der Waals surface area (Å²) < 4.78 is 86.6. The van der Waals surface area contributed by atoms with E-state index in [0.717, 1.165) is 12.1 Å². The molecule has 0 heterocycles. The summed E-state index contributed by atoms with van der Waals surface area (Å²) in [5, 5.41) is 1.52. The van der Waals surface area contributed by atoms with Crippen LogP contribution in [0, 0.1) is 0 Å². The van der Waals surface area contributed by atoms with Crippen molar-refractivity contribution in [3.8, 4) is 0 Å². The second kappa shape index (κ2) is 11.0. The van der Waals surface area contributed by atoms with Crippen LogP contribution in [0.25, 0.3) is 0 Å². The number of hydrogen-bond acceptors (Lipinski definition) is 6. The monoisotopic (exact) mass is 504 g/mol. The summed E-state index contributed by atoms with van der Waals surface area (Å²) >= 11 is 0. The summed E-state index contributed by atoms with van der Waals surface area (Å²) in [6, 6.07) is 1.07. The second-order valence-corrected chi connectivity index (χ2v) is 9.00. The van der Waals surface area contributed by atoms with E-state index in [0.29, 0.717) is 17.1 Å². The van der Waals surface area contributed by atoms with E-state index < -0.39 is 52.6 Å². The molecule has 0 aliphatic rings. The zero-order chi connectivity index (χ0) is 27.3. The molecule has 0 bridgehead atoms. The van der Waals surface area contributed by atoms with Crippen LogP contribution in [0.3, 0.4) is 0 Å². The van der Waals surface area contributed by atoms with Gasteiger partial charge in [0.2, 0.25) is 0 Å². The minimum absolute atomic E-state index is 0.0226. The highest BCUT2D eigenvalue weighted by atomic mass is 19.4. The van der Waals surface area contributed by atoms with Crippen LogP contribution < -0.4 is 11.3 Å². The van der Waals surface area contributed by atoms with Crippen molar-refractivity contribution >= 4 is 17.9 Å². The number of rotatable bonds is 2. The molecule has 1 aromatic rings. The predicted octanol–water partition coefficient (Wildman–Crippen LogP) is 5.65. The van der Waals surface area contributed by atoms with Gasteiger partial charge >= 0.3 is 24.5 Å². The van der Waals surface area contributed by atoms with Crippen molar-refractivity contribution in [2.45, 2.75) is 65.1 Å². The van der Waals surface area contributed by atoms with Gasteiger partial charge in [-0.15, -0.1) is 0 Å². The van der Waals surface area contributed by atoms with Gasteiger partial charge in [0.1, 0.15) is 11.2 Å². The Morgan fingerprint density at radius 2 is 1.26 bits per heavy atom. The lowest BCUT2D eigenvalue weighted by molar-refractivity contribution is -0.142. The number of carbonyl (C=O) groups is 2. The quantitative estimate of drug-likeness (QED) is 0.234.